The van der Waals surface area contributed by atoms with Crippen molar-refractivity contribution in [2.24, 2.45) is 0 Å². The van der Waals surface area contributed by atoms with Crippen LogP contribution in [-0.4, -0.2) is 29.1 Å². The fourth-order valence-corrected chi connectivity index (χ4v) is 2.57. The van der Waals surface area contributed by atoms with Crippen molar-refractivity contribution in [3.63, 3.8) is 0 Å². The van der Waals surface area contributed by atoms with Gasteiger partial charge < -0.3 is 15.0 Å². The lowest BCUT2D eigenvalue weighted by Gasteiger charge is -2.23. The van der Waals surface area contributed by atoms with Gasteiger partial charge >= 0.3 is 6.03 Å². The van der Waals surface area contributed by atoms with Crippen LogP contribution in [0.25, 0.3) is 0 Å². The van der Waals surface area contributed by atoms with Gasteiger partial charge in [0.05, 0.1) is 17.8 Å². The second kappa shape index (κ2) is 6.87. The molecule has 0 radical (unpaired) electrons. The highest BCUT2D eigenvalue weighted by molar-refractivity contribution is 6.33. The first kappa shape index (κ1) is 15.6. The molecule has 0 bridgehead atoms. The number of rotatable bonds is 5. The van der Waals surface area contributed by atoms with E-state index in [-0.39, 0.29) is 6.03 Å². The molecule has 0 saturated heterocycles. The average molecular weight is 332 g/mol. The van der Waals surface area contributed by atoms with Crippen LogP contribution in [0.4, 0.5) is 10.5 Å². The van der Waals surface area contributed by atoms with E-state index in [0.29, 0.717) is 29.0 Å². The van der Waals surface area contributed by atoms with Crippen molar-refractivity contribution in [3.05, 3.63) is 53.3 Å². The molecule has 1 saturated carbocycles. The number of pyridine rings is 1. The molecule has 1 aliphatic carbocycles. The van der Waals surface area contributed by atoms with E-state index >= 15 is 0 Å². The number of ether oxygens (including phenoxy) is 1. The number of amides is 2. The molecule has 0 atom stereocenters. The summed E-state index contributed by atoms with van der Waals surface area (Å²) in [6.07, 6.45) is 5.54. The van der Waals surface area contributed by atoms with Gasteiger partial charge in [0.1, 0.15) is 5.75 Å². The van der Waals surface area contributed by atoms with Crippen molar-refractivity contribution < 1.29 is 9.53 Å². The minimum absolute atomic E-state index is 0.142. The van der Waals surface area contributed by atoms with Crippen molar-refractivity contribution >= 4 is 23.3 Å². The standard InChI is InChI=1S/C17H18ClN3O2/c1-23-14-4-5-16(15(18)10-14)20-17(22)21(13-2-3-13)11-12-6-8-19-9-7-12/h4-10,13H,2-3,11H2,1H3,(H,20,22). The molecular formula is C17H18ClN3O2. The van der Waals surface area contributed by atoms with Crippen molar-refractivity contribution in [2.75, 3.05) is 12.4 Å². The highest BCUT2D eigenvalue weighted by atomic mass is 35.5. The molecule has 1 fully saturated rings. The predicted molar refractivity (Wildman–Crippen MR) is 89.8 cm³/mol. The molecule has 6 heteroatoms. The summed E-state index contributed by atoms with van der Waals surface area (Å²) >= 11 is 6.19. The lowest BCUT2D eigenvalue weighted by atomic mass is 10.2. The largest absolute Gasteiger partial charge is 0.497 e. The molecule has 2 aromatic rings. The maximum absolute atomic E-state index is 12.6. The molecule has 1 N–H and O–H groups in total. The van der Waals surface area contributed by atoms with Crippen LogP contribution < -0.4 is 10.1 Å². The summed E-state index contributed by atoms with van der Waals surface area (Å²) in [5, 5.41) is 3.34. The van der Waals surface area contributed by atoms with Crippen molar-refractivity contribution in [1.29, 1.82) is 0 Å². The van der Waals surface area contributed by atoms with Crippen LogP contribution in [0.3, 0.4) is 0 Å². The molecule has 3 rings (SSSR count). The zero-order chi connectivity index (χ0) is 16.2. The van der Waals surface area contributed by atoms with E-state index in [4.69, 9.17) is 16.3 Å². The monoisotopic (exact) mass is 331 g/mol. The number of benzene rings is 1. The molecule has 5 nitrogen and oxygen atoms in total. The zero-order valence-corrected chi connectivity index (χ0v) is 13.6. The maximum Gasteiger partial charge on any atom is 0.322 e. The van der Waals surface area contributed by atoms with E-state index in [1.807, 2.05) is 17.0 Å². The van der Waals surface area contributed by atoms with Crippen molar-refractivity contribution in [1.82, 2.24) is 9.88 Å². The van der Waals surface area contributed by atoms with Gasteiger partial charge in [0.25, 0.3) is 0 Å². The Morgan fingerprint density at radius 3 is 2.70 bits per heavy atom. The van der Waals surface area contributed by atoms with Crippen LogP contribution >= 0.6 is 11.6 Å². The molecule has 23 heavy (non-hydrogen) atoms. The Morgan fingerprint density at radius 2 is 2.09 bits per heavy atom. The molecular weight excluding hydrogens is 314 g/mol. The molecule has 1 aliphatic rings. The molecule has 1 aromatic carbocycles. The van der Waals surface area contributed by atoms with Gasteiger partial charge in [0.15, 0.2) is 0 Å². The quantitative estimate of drug-likeness (QED) is 0.902. The Morgan fingerprint density at radius 1 is 1.35 bits per heavy atom. The number of methoxy groups -OCH3 is 1. The SMILES string of the molecule is COc1ccc(NC(=O)N(Cc2ccncc2)C2CC2)c(Cl)c1. The second-order valence-corrected chi connectivity index (χ2v) is 5.90. The van der Waals surface area contributed by atoms with E-state index < -0.39 is 0 Å². The second-order valence-electron chi connectivity index (χ2n) is 5.49. The van der Waals surface area contributed by atoms with Crippen LogP contribution in [0, 0.1) is 0 Å². The third kappa shape index (κ3) is 3.93. The van der Waals surface area contributed by atoms with Crippen molar-refractivity contribution in [2.45, 2.75) is 25.4 Å². The van der Waals surface area contributed by atoms with E-state index in [0.717, 1.165) is 18.4 Å². The molecule has 2 amide bonds. The summed E-state index contributed by atoms with van der Waals surface area (Å²) < 4.78 is 5.12. The molecule has 0 unspecified atom stereocenters. The number of hydrogen-bond donors (Lipinski definition) is 1. The van der Waals surface area contributed by atoms with E-state index in [1.54, 1.807) is 37.7 Å². The number of anilines is 1. The van der Waals surface area contributed by atoms with E-state index in [2.05, 4.69) is 10.3 Å². The zero-order valence-electron chi connectivity index (χ0n) is 12.8. The lowest BCUT2D eigenvalue weighted by Crippen LogP contribution is -2.36. The fourth-order valence-electron chi connectivity index (χ4n) is 2.35. The smallest absolute Gasteiger partial charge is 0.322 e. The van der Waals surface area contributed by atoms with Gasteiger partial charge in [-0.15, -0.1) is 0 Å². The minimum Gasteiger partial charge on any atom is -0.497 e. The topological polar surface area (TPSA) is 54.5 Å². The number of aromatic nitrogens is 1. The fraction of sp³-hybridized carbons (Fsp3) is 0.294. The Kier molecular flexibility index (Phi) is 4.67. The highest BCUT2D eigenvalue weighted by Crippen LogP contribution is 2.31. The predicted octanol–water partition coefficient (Wildman–Crippen LogP) is 3.94. The normalized spacial score (nSPS) is 13.5. The molecule has 0 aliphatic heterocycles. The van der Waals surface area contributed by atoms with Gasteiger partial charge in [-0.1, -0.05) is 11.6 Å². The molecule has 120 valence electrons. The third-order valence-corrected chi connectivity index (χ3v) is 4.08. The Balaban J connectivity index is 1.72. The van der Waals surface area contributed by atoms with E-state index in [1.165, 1.54) is 0 Å². The van der Waals surface area contributed by atoms with Gasteiger partial charge in [-0.3, -0.25) is 4.98 Å². The van der Waals surface area contributed by atoms with Crippen LogP contribution in [0.2, 0.25) is 5.02 Å². The summed E-state index contributed by atoms with van der Waals surface area (Å²) in [6.45, 7) is 0.562. The molecule has 0 spiro atoms. The number of carbonyl (C=O) groups excluding carboxylic acids is 1. The summed E-state index contributed by atoms with van der Waals surface area (Å²) in [6, 6.07) is 9.19. The third-order valence-electron chi connectivity index (χ3n) is 3.77. The van der Waals surface area contributed by atoms with Crippen LogP contribution in [0.1, 0.15) is 18.4 Å². The summed E-state index contributed by atoms with van der Waals surface area (Å²) in [4.78, 5) is 18.5. The average Bonchev–Trinajstić information content (AvgIpc) is 3.40. The van der Waals surface area contributed by atoms with Crippen molar-refractivity contribution in [3.8, 4) is 5.75 Å². The highest BCUT2D eigenvalue weighted by Gasteiger charge is 2.32. The van der Waals surface area contributed by atoms with E-state index in [9.17, 15) is 4.79 Å². The maximum atomic E-state index is 12.6. The van der Waals surface area contributed by atoms with Gasteiger partial charge in [0, 0.05) is 31.0 Å². The first-order chi connectivity index (χ1) is 11.2. The Bertz CT molecular complexity index is 689. The summed E-state index contributed by atoms with van der Waals surface area (Å²) in [5.41, 5.74) is 1.64. The van der Waals surface area contributed by atoms with Gasteiger partial charge in [-0.2, -0.15) is 0 Å². The number of hydrogen-bond acceptors (Lipinski definition) is 3. The number of carbonyl (C=O) groups is 1. The van der Waals surface area contributed by atoms with Gasteiger partial charge in [-0.05, 0) is 42.7 Å². The number of halogens is 1. The van der Waals surface area contributed by atoms with Gasteiger partial charge in [-0.25, -0.2) is 4.79 Å². The number of nitrogens with one attached hydrogen (secondary N) is 1. The molecule has 1 aromatic heterocycles. The Hall–Kier alpha value is -2.27. The van der Waals surface area contributed by atoms with Gasteiger partial charge in [0.2, 0.25) is 0 Å². The summed E-state index contributed by atoms with van der Waals surface area (Å²) in [5.74, 6) is 0.656. The minimum atomic E-state index is -0.142. The van der Waals surface area contributed by atoms with Crippen LogP contribution in [-0.2, 0) is 6.54 Å². The number of nitrogens with zero attached hydrogens (tertiary/aromatic N) is 2. The first-order valence-electron chi connectivity index (χ1n) is 7.47. The molecule has 1 heterocycles. The summed E-state index contributed by atoms with van der Waals surface area (Å²) in [7, 11) is 1.58. The Labute approximate surface area is 140 Å². The number of urea groups is 1. The van der Waals surface area contributed by atoms with Crippen LogP contribution in [0.5, 0.6) is 5.75 Å². The lowest BCUT2D eigenvalue weighted by molar-refractivity contribution is 0.206. The first-order valence-corrected chi connectivity index (χ1v) is 7.85. The van der Waals surface area contributed by atoms with Crippen LogP contribution in [0.15, 0.2) is 42.7 Å².